The molecule has 0 saturated carbocycles. The first-order valence-electron chi connectivity index (χ1n) is 13.1. The van der Waals surface area contributed by atoms with Gasteiger partial charge < -0.3 is 14.2 Å². The van der Waals surface area contributed by atoms with Gasteiger partial charge in [0.05, 0.1) is 5.69 Å². The molecule has 0 aliphatic carbocycles. The van der Waals surface area contributed by atoms with Crippen molar-refractivity contribution in [3.05, 3.63) is 97.8 Å². The Labute approximate surface area is 211 Å². The Morgan fingerprint density at radius 3 is 2.53 bits per heavy atom. The average molecular weight is 487 g/mol. The maximum atomic E-state index is 12.8. The Morgan fingerprint density at radius 1 is 0.889 bits per heavy atom. The van der Waals surface area contributed by atoms with Gasteiger partial charge in [-0.25, -0.2) is 0 Å². The number of pyridine rings is 2. The molecule has 2 bridgehead atoms. The Kier molecular flexibility index (Phi) is 6.05. The van der Waals surface area contributed by atoms with Crippen LogP contribution in [0.5, 0.6) is 5.75 Å². The molecule has 0 amide bonds. The molecule has 3 aromatic rings. The first kappa shape index (κ1) is 23.3. The minimum absolute atomic E-state index is 0.0950. The number of nitrogens with zero attached hydrogens (tertiary/aromatic N) is 4. The highest BCUT2D eigenvalue weighted by atomic mass is 16.3. The van der Waals surface area contributed by atoms with Crippen molar-refractivity contribution in [3.8, 4) is 5.75 Å². The maximum absolute atomic E-state index is 12.8. The van der Waals surface area contributed by atoms with E-state index in [0.717, 1.165) is 57.0 Å². The third kappa shape index (κ3) is 4.31. The van der Waals surface area contributed by atoms with Gasteiger partial charge in [-0.3, -0.25) is 19.4 Å². The lowest BCUT2D eigenvalue weighted by Crippen LogP contribution is -2.47. The highest BCUT2D eigenvalue weighted by molar-refractivity contribution is 5.31. The van der Waals surface area contributed by atoms with Crippen molar-refractivity contribution in [1.82, 2.24) is 18.9 Å². The zero-order chi connectivity index (χ0) is 24.8. The van der Waals surface area contributed by atoms with E-state index >= 15 is 0 Å². The Hall–Kier alpha value is -3.16. The van der Waals surface area contributed by atoms with Crippen molar-refractivity contribution in [2.75, 3.05) is 26.2 Å². The summed E-state index contributed by atoms with van der Waals surface area (Å²) in [6, 6.07) is 17.8. The van der Waals surface area contributed by atoms with Crippen molar-refractivity contribution < 1.29 is 5.11 Å². The summed E-state index contributed by atoms with van der Waals surface area (Å²) in [5.41, 5.74) is 3.90. The van der Waals surface area contributed by atoms with E-state index in [4.69, 9.17) is 0 Å². The monoisotopic (exact) mass is 486 g/mol. The van der Waals surface area contributed by atoms with E-state index in [9.17, 15) is 14.7 Å². The van der Waals surface area contributed by atoms with Gasteiger partial charge in [-0.2, -0.15) is 0 Å². The molecule has 2 fully saturated rings. The standard InChI is InChI=1S/C29H34N4O3/c1-30-24(18-32-14-20-12-23(17-32)25-8-5-9-28(35)33(25)15-20)13-27(34)29(36)26(30)19-31-11-10-22(16-31)21-6-3-2-4-7-21/h2-9,13,20,22-23,36H,10-12,14-19H2,1H3/t20-,22-,23+/m0/s1. The van der Waals surface area contributed by atoms with Crippen LogP contribution < -0.4 is 11.0 Å². The fourth-order valence-electron chi connectivity index (χ4n) is 6.66. The molecular weight excluding hydrogens is 452 g/mol. The Balaban J connectivity index is 1.20. The fraction of sp³-hybridized carbons (Fsp3) is 0.448. The molecule has 1 N–H and O–H groups in total. The van der Waals surface area contributed by atoms with Crippen molar-refractivity contribution >= 4 is 0 Å². The summed E-state index contributed by atoms with van der Waals surface area (Å²) in [7, 11) is 1.97. The summed E-state index contributed by atoms with van der Waals surface area (Å²) in [4.78, 5) is 29.9. The number of benzene rings is 1. The van der Waals surface area contributed by atoms with Crippen LogP contribution in [0, 0.1) is 5.92 Å². The van der Waals surface area contributed by atoms with Gasteiger partial charge in [0.15, 0.2) is 5.75 Å². The summed E-state index contributed by atoms with van der Waals surface area (Å²) in [5.74, 6) is 1.12. The normalized spacial score (nSPS) is 24.1. The van der Waals surface area contributed by atoms with Crippen LogP contribution in [0.25, 0.3) is 0 Å². The number of aromatic nitrogens is 2. The SMILES string of the molecule is Cn1c(CN2C[C@@H]3C[C@H](C2)c2cccc(=O)n2C3)cc(=O)c(O)c1CN1CC[C@H](c2ccccc2)C1. The molecule has 5 heterocycles. The van der Waals surface area contributed by atoms with Crippen LogP contribution in [0.2, 0.25) is 0 Å². The third-order valence-electron chi connectivity index (χ3n) is 8.50. The molecule has 7 heteroatoms. The van der Waals surface area contributed by atoms with Gasteiger partial charge in [0.2, 0.25) is 5.43 Å². The largest absolute Gasteiger partial charge is 0.503 e. The van der Waals surface area contributed by atoms with Crippen LogP contribution in [-0.4, -0.2) is 50.2 Å². The number of rotatable bonds is 5. The topological polar surface area (TPSA) is 70.7 Å². The molecule has 6 rings (SSSR count). The van der Waals surface area contributed by atoms with Crippen LogP contribution in [0.4, 0.5) is 0 Å². The number of likely N-dealkylation sites (tertiary alicyclic amines) is 2. The molecule has 0 spiro atoms. The summed E-state index contributed by atoms with van der Waals surface area (Å²) in [6.45, 7) is 5.65. The van der Waals surface area contributed by atoms with E-state index in [-0.39, 0.29) is 16.7 Å². The quantitative estimate of drug-likeness (QED) is 0.601. The number of aromatic hydroxyl groups is 1. The zero-order valence-corrected chi connectivity index (χ0v) is 20.8. The van der Waals surface area contributed by atoms with Crippen molar-refractivity contribution in [1.29, 1.82) is 0 Å². The second-order valence-electron chi connectivity index (χ2n) is 10.9. The molecule has 1 aromatic carbocycles. The highest BCUT2D eigenvalue weighted by Gasteiger charge is 2.35. The average Bonchev–Trinajstić information content (AvgIpc) is 3.35. The van der Waals surface area contributed by atoms with Gasteiger partial charge in [0.1, 0.15) is 0 Å². The number of fused-ring (bicyclic) bond motifs is 4. The second-order valence-corrected chi connectivity index (χ2v) is 10.9. The van der Waals surface area contributed by atoms with E-state index in [1.165, 1.54) is 5.56 Å². The van der Waals surface area contributed by atoms with Crippen LogP contribution in [0.3, 0.4) is 0 Å². The van der Waals surface area contributed by atoms with Crippen LogP contribution >= 0.6 is 0 Å². The van der Waals surface area contributed by atoms with Crippen molar-refractivity contribution in [2.45, 2.75) is 44.3 Å². The van der Waals surface area contributed by atoms with Crippen LogP contribution in [0.15, 0.2) is 64.2 Å². The fourth-order valence-corrected chi connectivity index (χ4v) is 6.66. The van der Waals surface area contributed by atoms with E-state index < -0.39 is 0 Å². The molecule has 7 nitrogen and oxygen atoms in total. The van der Waals surface area contributed by atoms with Gasteiger partial charge in [-0.1, -0.05) is 36.4 Å². The molecular formula is C29H34N4O3. The minimum atomic E-state index is -0.300. The highest BCUT2D eigenvalue weighted by Crippen LogP contribution is 2.35. The summed E-state index contributed by atoms with van der Waals surface area (Å²) in [5, 5.41) is 10.7. The molecule has 0 radical (unpaired) electrons. The third-order valence-corrected chi connectivity index (χ3v) is 8.50. The predicted molar refractivity (Wildman–Crippen MR) is 139 cm³/mol. The van der Waals surface area contributed by atoms with Gasteiger partial charge in [-0.05, 0) is 42.9 Å². The van der Waals surface area contributed by atoms with E-state index in [1.807, 2.05) is 28.3 Å². The summed E-state index contributed by atoms with van der Waals surface area (Å²) in [6.07, 6.45) is 2.19. The van der Waals surface area contributed by atoms with Gasteiger partial charge in [0, 0.05) is 75.8 Å². The van der Waals surface area contributed by atoms with Gasteiger partial charge in [0.25, 0.3) is 5.56 Å². The van der Waals surface area contributed by atoms with Gasteiger partial charge >= 0.3 is 0 Å². The molecule has 0 unspecified atom stereocenters. The van der Waals surface area contributed by atoms with Crippen molar-refractivity contribution in [2.24, 2.45) is 13.0 Å². The van der Waals surface area contributed by atoms with E-state index in [0.29, 0.717) is 36.5 Å². The van der Waals surface area contributed by atoms with Crippen LogP contribution in [-0.2, 0) is 26.7 Å². The summed E-state index contributed by atoms with van der Waals surface area (Å²) < 4.78 is 3.97. The molecule has 2 aromatic heterocycles. The number of hydrogen-bond donors (Lipinski definition) is 1. The number of piperidine rings is 1. The lowest BCUT2D eigenvalue weighted by atomic mass is 9.83. The lowest BCUT2D eigenvalue weighted by Gasteiger charge is -2.43. The molecule has 2 saturated heterocycles. The minimum Gasteiger partial charge on any atom is -0.503 e. The molecule has 36 heavy (non-hydrogen) atoms. The molecule has 3 aliphatic heterocycles. The van der Waals surface area contributed by atoms with Crippen molar-refractivity contribution in [3.63, 3.8) is 0 Å². The van der Waals surface area contributed by atoms with Crippen LogP contribution in [0.1, 0.15) is 47.3 Å². The summed E-state index contributed by atoms with van der Waals surface area (Å²) >= 11 is 0. The van der Waals surface area contributed by atoms with Gasteiger partial charge in [-0.15, -0.1) is 0 Å². The first-order valence-corrected chi connectivity index (χ1v) is 13.1. The second kappa shape index (κ2) is 9.37. The number of hydrogen-bond acceptors (Lipinski definition) is 5. The van der Waals surface area contributed by atoms with E-state index in [1.54, 1.807) is 12.1 Å². The lowest BCUT2D eigenvalue weighted by molar-refractivity contribution is 0.112. The first-order chi connectivity index (χ1) is 17.5. The van der Waals surface area contributed by atoms with E-state index in [2.05, 4.69) is 40.1 Å². The molecule has 188 valence electrons. The Morgan fingerprint density at radius 2 is 1.69 bits per heavy atom. The maximum Gasteiger partial charge on any atom is 0.250 e. The predicted octanol–water partition coefficient (Wildman–Crippen LogP) is 2.86. The Bertz CT molecular complexity index is 1380. The smallest absolute Gasteiger partial charge is 0.250 e. The molecule has 3 atom stereocenters. The zero-order valence-electron chi connectivity index (χ0n) is 20.8. The molecule has 3 aliphatic rings.